The van der Waals surface area contributed by atoms with Crippen molar-refractivity contribution in [2.45, 2.75) is 6.42 Å². The number of hydrogen-bond acceptors (Lipinski definition) is 5. The Hall–Kier alpha value is -3.03. The fraction of sp³-hybridized carbons (Fsp3) is 0.333. The third kappa shape index (κ3) is 4.53. The molecule has 0 saturated carbocycles. The average molecular weight is 357 g/mol. The molecule has 1 aromatic carbocycles. The van der Waals surface area contributed by atoms with E-state index in [1.807, 2.05) is 4.90 Å². The van der Waals surface area contributed by atoms with E-state index in [0.717, 1.165) is 0 Å². The molecule has 2 aromatic rings. The molecule has 3 rings (SSSR count). The minimum Gasteiger partial charge on any atom is -0.347 e. The summed E-state index contributed by atoms with van der Waals surface area (Å²) in [5.41, 5.74) is 0.314. The van der Waals surface area contributed by atoms with Crippen molar-refractivity contribution in [3.05, 3.63) is 54.1 Å². The maximum Gasteiger partial charge on any atom is 0.242 e. The molecule has 2 heterocycles. The van der Waals surface area contributed by atoms with Crippen LogP contribution in [-0.4, -0.2) is 59.4 Å². The Labute approximate surface area is 150 Å². The molecule has 136 valence electrons. The fourth-order valence-electron chi connectivity index (χ4n) is 2.77. The molecule has 1 saturated heterocycles. The number of anilines is 1. The molecule has 0 spiro atoms. The van der Waals surface area contributed by atoms with E-state index in [9.17, 15) is 14.0 Å². The number of nitrogens with zero attached hydrogens (tertiary/aromatic N) is 4. The summed E-state index contributed by atoms with van der Waals surface area (Å²) in [5, 5.41) is 2.56. The average Bonchev–Trinajstić information content (AvgIpc) is 2.69. The molecule has 1 aliphatic rings. The van der Waals surface area contributed by atoms with E-state index < -0.39 is 5.82 Å². The van der Waals surface area contributed by atoms with E-state index >= 15 is 0 Å². The number of hydrogen-bond donors (Lipinski definition) is 1. The minimum atomic E-state index is -0.423. The summed E-state index contributed by atoms with van der Waals surface area (Å²) in [4.78, 5) is 36.3. The Bertz CT molecular complexity index is 763. The van der Waals surface area contributed by atoms with Gasteiger partial charge in [-0.2, -0.15) is 0 Å². The zero-order valence-corrected chi connectivity index (χ0v) is 14.3. The van der Waals surface area contributed by atoms with E-state index in [4.69, 9.17) is 0 Å². The lowest BCUT2D eigenvalue weighted by Crippen LogP contribution is -2.51. The van der Waals surface area contributed by atoms with Crippen molar-refractivity contribution in [3.8, 4) is 0 Å². The number of aromatic nitrogens is 2. The molecule has 26 heavy (non-hydrogen) atoms. The molecule has 0 radical (unpaired) electrons. The number of carbonyl (C=O) groups excluding carboxylic acids is 2. The first-order valence-corrected chi connectivity index (χ1v) is 8.43. The number of carbonyl (C=O) groups is 2. The predicted molar refractivity (Wildman–Crippen MR) is 93.9 cm³/mol. The van der Waals surface area contributed by atoms with Crippen LogP contribution in [0.15, 0.2) is 42.7 Å². The molecule has 7 nitrogen and oxygen atoms in total. The Morgan fingerprint density at radius 2 is 1.73 bits per heavy atom. The summed E-state index contributed by atoms with van der Waals surface area (Å²) in [7, 11) is 0. The van der Waals surface area contributed by atoms with E-state index in [2.05, 4.69) is 15.3 Å². The molecule has 1 aromatic heterocycles. The van der Waals surface area contributed by atoms with Gasteiger partial charge < -0.3 is 15.1 Å². The summed E-state index contributed by atoms with van der Waals surface area (Å²) in [6.07, 6.45) is 3.29. The number of halogens is 1. The molecular formula is C18H20FN5O2. The van der Waals surface area contributed by atoms with Crippen LogP contribution < -0.4 is 10.2 Å². The van der Waals surface area contributed by atoms with E-state index in [1.165, 1.54) is 6.07 Å². The van der Waals surface area contributed by atoms with Gasteiger partial charge in [-0.15, -0.1) is 0 Å². The first kappa shape index (κ1) is 17.8. The third-order valence-corrected chi connectivity index (χ3v) is 4.21. The van der Waals surface area contributed by atoms with Crippen molar-refractivity contribution < 1.29 is 14.0 Å². The van der Waals surface area contributed by atoms with Crippen molar-refractivity contribution in [1.29, 1.82) is 0 Å². The van der Waals surface area contributed by atoms with Crippen LogP contribution in [0.5, 0.6) is 0 Å². The van der Waals surface area contributed by atoms with Crippen LogP contribution in [0, 0.1) is 5.82 Å². The highest BCUT2D eigenvalue weighted by Crippen LogP contribution is 2.10. The summed E-state index contributed by atoms with van der Waals surface area (Å²) in [6, 6.07) is 7.87. The lowest BCUT2D eigenvalue weighted by Gasteiger charge is -2.34. The van der Waals surface area contributed by atoms with Crippen LogP contribution in [-0.2, 0) is 16.0 Å². The summed E-state index contributed by atoms with van der Waals surface area (Å²) >= 11 is 0. The molecule has 1 N–H and O–H groups in total. The minimum absolute atomic E-state index is 0.0842. The fourth-order valence-corrected chi connectivity index (χ4v) is 2.77. The van der Waals surface area contributed by atoms with Gasteiger partial charge in [0.15, 0.2) is 0 Å². The van der Waals surface area contributed by atoms with Crippen LogP contribution in [0.4, 0.5) is 10.3 Å². The third-order valence-electron chi connectivity index (χ3n) is 4.21. The molecule has 0 unspecified atom stereocenters. The van der Waals surface area contributed by atoms with Gasteiger partial charge in [0.1, 0.15) is 5.82 Å². The summed E-state index contributed by atoms with van der Waals surface area (Å²) in [5.74, 6) is -0.300. The van der Waals surface area contributed by atoms with Crippen LogP contribution in [0.2, 0.25) is 0 Å². The van der Waals surface area contributed by atoms with Crippen LogP contribution >= 0.6 is 0 Å². The van der Waals surface area contributed by atoms with Gasteiger partial charge in [0.25, 0.3) is 0 Å². The zero-order valence-electron chi connectivity index (χ0n) is 14.3. The quantitative estimate of drug-likeness (QED) is 0.849. The lowest BCUT2D eigenvalue weighted by molar-refractivity contribution is -0.133. The molecule has 8 heteroatoms. The van der Waals surface area contributed by atoms with Crippen molar-refractivity contribution in [2.75, 3.05) is 37.6 Å². The summed E-state index contributed by atoms with van der Waals surface area (Å²) < 4.78 is 13.5. The number of amides is 2. The molecule has 1 aliphatic heterocycles. The van der Waals surface area contributed by atoms with Crippen LogP contribution in [0.25, 0.3) is 0 Å². The second kappa shape index (κ2) is 8.37. The van der Waals surface area contributed by atoms with Crippen LogP contribution in [0.3, 0.4) is 0 Å². The molecule has 0 aliphatic carbocycles. The standard InChI is InChI=1S/C18H20FN5O2/c19-15-5-2-1-4-14(15)12-16(25)22-13-17(26)23-8-10-24(11-9-23)18-20-6-3-7-21-18/h1-7H,8-13H2,(H,22,25). The lowest BCUT2D eigenvalue weighted by atomic mass is 10.1. The van der Waals surface area contributed by atoms with E-state index in [-0.39, 0.29) is 24.8 Å². The van der Waals surface area contributed by atoms with Gasteiger partial charge in [-0.3, -0.25) is 9.59 Å². The highest BCUT2D eigenvalue weighted by Gasteiger charge is 2.22. The first-order chi connectivity index (χ1) is 12.6. The van der Waals surface area contributed by atoms with Gasteiger partial charge in [-0.25, -0.2) is 14.4 Å². The highest BCUT2D eigenvalue weighted by molar-refractivity contribution is 5.85. The van der Waals surface area contributed by atoms with Crippen LogP contribution in [0.1, 0.15) is 5.56 Å². The Balaban J connectivity index is 1.43. The Morgan fingerprint density at radius 1 is 1.04 bits per heavy atom. The molecule has 2 amide bonds. The monoisotopic (exact) mass is 357 g/mol. The second-order valence-corrected chi connectivity index (χ2v) is 5.96. The van der Waals surface area contributed by atoms with Gasteiger partial charge in [0.2, 0.25) is 17.8 Å². The predicted octanol–water partition coefficient (Wildman–Crippen LogP) is 0.623. The van der Waals surface area contributed by atoms with E-state index in [0.29, 0.717) is 37.7 Å². The van der Waals surface area contributed by atoms with E-state index in [1.54, 1.807) is 41.6 Å². The SMILES string of the molecule is O=C(Cc1ccccc1F)NCC(=O)N1CCN(c2ncccn2)CC1. The van der Waals surface area contributed by atoms with Crippen molar-refractivity contribution in [1.82, 2.24) is 20.2 Å². The van der Waals surface area contributed by atoms with Gasteiger partial charge in [-0.05, 0) is 17.7 Å². The normalized spacial score (nSPS) is 14.2. The maximum atomic E-state index is 13.5. The molecule has 0 bridgehead atoms. The smallest absolute Gasteiger partial charge is 0.242 e. The highest BCUT2D eigenvalue weighted by atomic mass is 19.1. The molecule has 0 atom stereocenters. The van der Waals surface area contributed by atoms with Crippen molar-refractivity contribution in [2.24, 2.45) is 0 Å². The Kier molecular flexibility index (Phi) is 5.73. The second-order valence-electron chi connectivity index (χ2n) is 5.96. The zero-order chi connectivity index (χ0) is 18.4. The maximum absolute atomic E-state index is 13.5. The van der Waals surface area contributed by atoms with Gasteiger partial charge in [0, 0.05) is 38.6 Å². The topological polar surface area (TPSA) is 78.4 Å². The summed E-state index contributed by atoms with van der Waals surface area (Å²) in [6.45, 7) is 2.27. The number of rotatable bonds is 5. The number of nitrogens with one attached hydrogen (secondary N) is 1. The number of benzene rings is 1. The van der Waals surface area contributed by atoms with Gasteiger partial charge in [0.05, 0.1) is 13.0 Å². The Morgan fingerprint density at radius 3 is 2.42 bits per heavy atom. The van der Waals surface area contributed by atoms with Crippen molar-refractivity contribution >= 4 is 17.8 Å². The number of piperazine rings is 1. The molecular weight excluding hydrogens is 337 g/mol. The molecule has 1 fully saturated rings. The van der Waals surface area contributed by atoms with Crippen molar-refractivity contribution in [3.63, 3.8) is 0 Å². The largest absolute Gasteiger partial charge is 0.347 e. The first-order valence-electron chi connectivity index (χ1n) is 8.43. The van der Waals surface area contributed by atoms with Gasteiger partial charge >= 0.3 is 0 Å². The van der Waals surface area contributed by atoms with Gasteiger partial charge in [-0.1, -0.05) is 18.2 Å².